The van der Waals surface area contributed by atoms with Gasteiger partial charge in [0.25, 0.3) is 0 Å². The van der Waals surface area contributed by atoms with Crippen LogP contribution in [0, 0.1) is 0 Å². The molecule has 41 heavy (non-hydrogen) atoms. The molecule has 0 spiro atoms. The third kappa shape index (κ3) is 8.59. The molecule has 220 valence electrons. The minimum absolute atomic E-state index is 0.109. The number of amides is 4. The Morgan fingerprint density at radius 3 is 1.17 bits per heavy atom. The van der Waals surface area contributed by atoms with E-state index in [0.29, 0.717) is 13.1 Å². The zero-order valence-corrected chi connectivity index (χ0v) is 26.0. The molecular weight excluding hydrogens is 508 g/mol. The molecule has 0 radical (unpaired) electrons. The lowest BCUT2D eigenvalue weighted by molar-refractivity contribution is 0.249. The smallest absolute Gasteiger partial charge is 0.319 e. The van der Waals surface area contributed by atoms with Crippen molar-refractivity contribution in [2.24, 2.45) is 0 Å². The number of para-hydroxylation sites is 2. The van der Waals surface area contributed by atoms with E-state index in [2.05, 4.69) is 113 Å². The van der Waals surface area contributed by atoms with Crippen molar-refractivity contribution in [1.82, 2.24) is 10.6 Å². The topological polar surface area (TPSA) is 82.3 Å². The Morgan fingerprint density at radius 1 is 0.512 bits per heavy atom. The van der Waals surface area contributed by atoms with Crippen molar-refractivity contribution >= 4 is 23.4 Å². The molecule has 0 heterocycles. The number of nitrogens with one attached hydrogen (secondary N) is 4. The molecule has 3 aromatic rings. The van der Waals surface area contributed by atoms with E-state index in [1.165, 1.54) is 0 Å². The maximum absolute atomic E-state index is 13.2. The molecule has 0 fully saturated rings. The van der Waals surface area contributed by atoms with E-state index in [1.54, 1.807) is 0 Å². The van der Waals surface area contributed by atoms with Crippen LogP contribution in [0.3, 0.4) is 0 Å². The molecule has 0 saturated heterocycles. The van der Waals surface area contributed by atoms with Crippen molar-refractivity contribution in [3.63, 3.8) is 0 Å². The van der Waals surface area contributed by atoms with Gasteiger partial charge in [-0.3, -0.25) is 0 Å². The van der Waals surface area contributed by atoms with E-state index in [4.69, 9.17) is 0 Å². The first-order valence-electron chi connectivity index (χ1n) is 14.9. The highest BCUT2D eigenvalue weighted by atomic mass is 16.2. The fraction of sp³-hybridized carbons (Fsp3) is 0.429. The molecule has 0 aliphatic heterocycles. The summed E-state index contributed by atoms with van der Waals surface area (Å²) in [5.74, 6) is 1.01. The van der Waals surface area contributed by atoms with Gasteiger partial charge in [0, 0.05) is 30.4 Å². The maximum atomic E-state index is 13.2. The molecule has 6 nitrogen and oxygen atoms in total. The summed E-state index contributed by atoms with van der Waals surface area (Å²) in [5.41, 5.74) is 7.28. The molecule has 3 aromatic carbocycles. The third-order valence-electron chi connectivity index (χ3n) is 7.51. The lowest BCUT2D eigenvalue weighted by Crippen LogP contribution is -2.39. The van der Waals surface area contributed by atoms with Crippen LogP contribution in [0.4, 0.5) is 21.0 Å². The van der Waals surface area contributed by atoms with E-state index >= 15 is 0 Å². The highest BCUT2D eigenvalue weighted by Gasteiger charge is 2.20. The summed E-state index contributed by atoms with van der Waals surface area (Å²) >= 11 is 0. The fourth-order valence-electron chi connectivity index (χ4n) is 5.17. The molecule has 0 aliphatic rings. The molecule has 0 aromatic heterocycles. The van der Waals surface area contributed by atoms with Crippen LogP contribution >= 0.6 is 0 Å². The lowest BCUT2D eigenvalue weighted by atomic mass is 9.92. The zero-order valence-electron chi connectivity index (χ0n) is 26.0. The van der Waals surface area contributed by atoms with Gasteiger partial charge in [-0.15, -0.1) is 0 Å². The number of urea groups is 2. The number of carbonyl (C=O) groups excluding carboxylic acids is 2. The first-order chi connectivity index (χ1) is 19.5. The summed E-state index contributed by atoms with van der Waals surface area (Å²) < 4.78 is 0. The monoisotopic (exact) mass is 556 g/mol. The van der Waals surface area contributed by atoms with Gasteiger partial charge in [0.05, 0.1) is 0 Å². The average molecular weight is 557 g/mol. The van der Waals surface area contributed by atoms with Crippen LogP contribution in [0.5, 0.6) is 0 Å². The highest BCUT2D eigenvalue weighted by molar-refractivity contribution is 5.92. The predicted molar refractivity (Wildman–Crippen MR) is 172 cm³/mol. The van der Waals surface area contributed by atoms with Gasteiger partial charge in [-0.2, -0.15) is 0 Å². The van der Waals surface area contributed by atoms with Crippen molar-refractivity contribution in [2.75, 3.05) is 23.7 Å². The Labute approximate surface area is 246 Å². The Hall–Kier alpha value is -3.80. The minimum Gasteiger partial charge on any atom is -0.337 e. The Bertz CT molecular complexity index is 1160. The number of benzene rings is 3. The second-order valence-electron chi connectivity index (χ2n) is 12.0. The molecule has 4 N–H and O–H groups in total. The van der Waals surface area contributed by atoms with Gasteiger partial charge in [-0.25, -0.2) is 9.59 Å². The SMILES string of the molecule is CC(C)c1cccc(C(C)C)c1NC(=O)NCC(CNC(=O)Nc1c(C(C)C)cccc1C(C)C)c1ccccc1. The second-order valence-corrected chi connectivity index (χ2v) is 12.0. The summed E-state index contributed by atoms with van der Waals surface area (Å²) in [6, 6.07) is 21.9. The number of hydrogen-bond donors (Lipinski definition) is 4. The normalized spacial score (nSPS) is 11.4. The lowest BCUT2D eigenvalue weighted by Gasteiger charge is -2.23. The average Bonchev–Trinajstić information content (AvgIpc) is 2.93. The van der Waals surface area contributed by atoms with E-state index in [0.717, 1.165) is 39.2 Å². The number of carbonyl (C=O) groups is 2. The van der Waals surface area contributed by atoms with Crippen LogP contribution in [0.15, 0.2) is 66.7 Å². The Kier molecular flexibility index (Phi) is 11.4. The van der Waals surface area contributed by atoms with E-state index in [-0.39, 0.29) is 41.7 Å². The quantitative estimate of drug-likeness (QED) is 0.190. The number of hydrogen-bond acceptors (Lipinski definition) is 2. The maximum Gasteiger partial charge on any atom is 0.319 e. The molecule has 4 amide bonds. The summed E-state index contributed by atoms with van der Waals surface area (Å²) in [4.78, 5) is 26.3. The first-order valence-corrected chi connectivity index (χ1v) is 14.9. The number of anilines is 2. The van der Waals surface area contributed by atoms with Crippen LogP contribution in [-0.4, -0.2) is 25.2 Å². The molecular formula is C35H48N4O2. The molecule has 0 saturated carbocycles. The van der Waals surface area contributed by atoms with Crippen LogP contribution < -0.4 is 21.3 Å². The summed E-state index contributed by atoms with van der Waals surface area (Å²) in [6.07, 6.45) is 0. The number of rotatable bonds is 11. The van der Waals surface area contributed by atoms with E-state index in [9.17, 15) is 9.59 Å². The fourth-order valence-corrected chi connectivity index (χ4v) is 5.17. The van der Waals surface area contributed by atoms with Crippen LogP contribution in [0.25, 0.3) is 0 Å². The summed E-state index contributed by atoms with van der Waals surface area (Å²) in [7, 11) is 0. The van der Waals surface area contributed by atoms with Crippen molar-refractivity contribution in [3.8, 4) is 0 Å². The van der Waals surface area contributed by atoms with Gasteiger partial charge in [-0.1, -0.05) is 122 Å². The second kappa shape index (κ2) is 14.7. The molecule has 6 heteroatoms. The van der Waals surface area contributed by atoms with Gasteiger partial charge in [-0.05, 0) is 51.5 Å². The van der Waals surface area contributed by atoms with Gasteiger partial charge in [0.1, 0.15) is 0 Å². The van der Waals surface area contributed by atoms with Crippen molar-refractivity contribution in [3.05, 3.63) is 94.5 Å². The van der Waals surface area contributed by atoms with Crippen LogP contribution in [0.2, 0.25) is 0 Å². The van der Waals surface area contributed by atoms with Crippen LogP contribution in [0.1, 0.15) is 113 Å². The van der Waals surface area contributed by atoms with Gasteiger partial charge in [0.2, 0.25) is 0 Å². The minimum atomic E-state index is -0.252. The molecule has 0 atom stereocenters. The Balaban J connectivity index is 1.73. The zero-order chi connectivity index (χ0) is 30.1. The van der Waals surface area contributed by atoms with Gasteiger partial charge < -0.3 is 21.3 Å². The van der Waals surface area contributed by atoms with E-state index < -0.39 is 0 Å². The van der Waals surface area contributed by atoms with Crippen molar-refractivity contribution in [1.29, 1.82) is 0 Å². The summed E-state index contributed by atoms with van der Waals surface area (Å²) in [6.45, 7) is 17.8. The van der Waals surface area contributed by atoms with Gasteiger partial charge >= 0.3 is 12.1 Å². The predicted octanol–water partition coefficient (Wildman–Crippen LogP) is 8.91. The largest absolute Gasteiger partial charge is 0.337 e. The van der Waals surface area contributed by atoms with Crippen LogP contribution in [-0.2, 0) is 0 Å². The molecule has 0 bridgehead atoms. The standard InChI is InChI=1S/C35H48N4O2/c1-22(2)28-16-12-17-29(23(3)4)32(28)38-34(40)36-20-27(26-14-10-9-11-15-26)21-37-35(41)39-33-30(24(5)6)18-13-19-31(33)25(7)8/h9-19,22-25,27H,20-21H2,1-8H3,(H2,36,38,40)(H2,37,39,41). The van der Waals surface area contributed by atoms with Gasteiger partial charge in [0.15, 0.2) is 0 Å². The Morgan fingerprint density at radius 2 is 0.854 bits per heavy atom. The van der Waals surface area contributed by atoms with E-state index in [1.807, 2.05) is 30.3 Å². The first kappa shape index (κ1) is 31.7. The molecule has 3 rings (SSSR count). The highest BCUT2D eigenvalue weighted by Crippen LogP contribution is 2.33. The van der Waals surface area contributed by atoms with Crippen molar-refractivity contribution < 1.29 is 9.59 Å². The third-order valence-corrected chi connectivity index (χ3v) is 7.51. The van der Waals surface area contributed by atoms with Crippen molar-refractivity contribution in [2.45, 2.75) is 85.0 Å². The molecule has 0 aliphatic carbocycles. The summed E-state index contributed by atoms with van der Waals surface area (Å²) in [5, 5.41) is 12.4. The molecule has 0 unspecified atom stereocenters.